The topological polar surface area (TPSA) is 54.5 Å². The minimum absolute atomic E-state index is 0.0237. The number of ether oxygens (including phenoxy) is 1. The molecule has 0 bridgehead atoms. The standard InChI is InChI=1S/C17H21N3O2S/c1-12-9-20(10-16(22-12)15-5-8-23-11-15)17(21)19-13(2)14-3-6-18-7-4-14/h3-8,11-13,16H,9-10H2,1-2H3,(H,19,21)/t12-,13+,16+/m1/s1. The quantitative estimate of drug-likeness (QED) is 0.938. The molecule has 1 saturated heterocycles. The second kappa shape index (κ2) is 7.10. The molecule has 0 aromatic carbocycles. The highest BCUT2D eigenvalue weighted by Gasteiger charge is 2.30. The van der Waals surface area contributed by atoms with Crippen LogP contribution in [0.3, 0.4) is 0 Å². The smallest absolute Gasteiger partial charge is 0.318 e. The molecular formula is C17H21N3O2S. The molecule has 0 saturated carbocycles. The Morgan fingerprint density at radius 1 is 1.39 bits per heavy atom. The van der Waals surface area contributed by atoms with E-state index < -0.39 is 0 Å². The molecule has 3 rings (SSSR count). The molecule has 2 amide bonds. The van der Waals surface area contributed by atoms with Crippen LogP contribution in [-0.2, 0) is 4.74 Å². The first-order chi connectivity index (χ1) is 11.1. The number of hydrogen-bond donors (Lipinski definition) is 1. The van der Waals surface area contributed by atoms with Crippen molar-refractivity contribution < 1.29 is 9.53 Å². The van der Waals surface area contributed by atoms with Crippen molar-refractivity contribution in [2.75, 3.05) is 13.1 Å². The van der Waals surface area contributed by atoms with Gasteiger partial charge in [0.05, 0.1) is 18.7 Å². The maximum absolute atomic E-state index is 12.6. The Morgan fingerprint density at radius 2 is 2.17 bits per heavy atom. The van der Waals surface area contributed by atoms with E-state index in [2.05, 4.69) is 21.7 Å². The van der Waals surface area contributed by atoms with Gasteiger partial charge in [0.25, 0.3) is 0 Å². The highest BCUT2D eigenvalue weighted by atomic mass is 32.1. The van der Waals surface area contributed by atoms with E-state index in [0.717, 1.165) is 11.1 Å². The summed E-state index contributed by atoms with van der Waals surface area (Å²) in [5.74, 6) is 0. The summed E-state index contributed by atoms with van der Waals surface area (Å²) < 4.78 is 5.98. The number of urea groups is 1. The fraction of sp³-hybridized carbons (Fsp3) is 0.412. The van der Waals surface area contributed by atoms with Gasteiger partial charge in [-0.2, -0.15) is 11.3 Å². The van der Waals surface area contributed by atoms with Gasteiger partial charge in [-0.3, -0.25) is 4.98 Å². The van der Waals surface area contributed by atoms with E-state index in [1.807, 2.05) is 36.3 Å². The van der Waals surface area contributed by atoms with E-state index in [4.69, 9.17) is 4.74 Å². The third-order valence-electron chi connectivity index (χ3n) is 4.01. The fourth-order valence-electron chi connectivity index (χ4n) is 2.77. The Bertz CT molecular complexity index is 633. The van der Waals surface area contributed by atoms with Crippen LogP contribution in [0.1, 0.15) is 37.1 Å². The molecule has 3 atom stereocenters. The van der Waals surface area contributed by atoms with Gasteiger partial charge in [-0.05, 0) is 53.9 Å². The number of hydrogen-bond acceptors (Lipinski definition) is 4. The van der Waals surface area contributed by atoms with Crippen molar-refractivity contribution in [2.45, 2.75) is 32.1 Å². The molecule has 2 aromatic heterocycles. The molecule has 0 unspecified atom stereocenters. The van der Waals surface area contributed by atoms with Crippen LogP contribution >= 0.6 is 11.3 Å². The zero-order valence-electron chi connectivity index (χ0n) is 13.3. The van der Waals surface area contributed by atoms with Crippen LogP contribution in [0, 0.1) is 0 Å². The summed E-state index contributed by atoms with van der Waals surface area (Å²) in [7, 11) is 0. The lowest BCUT2D eigenvalue weighted by molar-refractivity contribution is -0.0657. The molecular weight excluding hydrogens is 310 g/mol. The maximum Gasteiger partial charge on any atom is 0.318 e. The van der Waals surface area contributed by atoms with Gasteiger partial charge >= 0.3 is 6.03 Å². The Labute approximate surface area is 140 Å². The van der Waals surface area contributed by atoms with Crippen molar-refractivity contribution in [3.63, 3.8) is 0 Å². The summed E-state index contributed by atoms with van der Waals surface area (Å²) >= 11 is 1.65. The highest BCUT2D eigenvalue weighted by Crippen LogP contribution is 2.27. The summed E-state index contributed by atoms with van der Waals surface area (Å²) in [6.07, 6.45) is 3.45. The van der Waals surface area contributed by atoms with Gasteiger partial charge in [0.2, 0.25) is 0 Å². The Balaban J connectivity index is 1.64. The van der Waals surface area contributed by atoms with E-state index in [-0.39, 0.29) is 24.3 Å². The van der Waals surface area contributed by atoms with Gasteiger partial charge in [-0.15, -0.1) is 0 Å². The highest BCUT2D eigenvalue weighted by molar-refractivity contribution is 7.07. The molecule has 23 heavy (non-hydrogen) atoms. The number of nitrogens with zero attached hydrogens (tertiary/aromatic N) is 2. The van der Waals surface area contributed by atoms with E-state index in [1.165, 1.54) is 0 Å². The van der Waals surface area contributed by atoms with Gasteiger partial charge in [-0.1, -0.05) is 0 Å². The largest absolute Gasteiger partial charge is 0.367 e. The molecule has 1 aliphatic rings. The predicted octanol–water partition coefficient (Wildman–Crippen LogP) is 3.38. The first-order valence-electron chi connectivity index (χ1n) is 7.76. The summed E-state index contributed by atoms with van der Waals surface area (Å²) in [5.41, 5.74) is 2.19. The molecule has 1 aliphatic heterocycles. The Hall–Kier alpha value is -1.92. The summed E-state index contributed by atoms with van der Waals surface area (Å²) in [5, 5.41) is 7.18. The van der Waals surface area contributed by atoms with Crippen LogP contribution in [0.15, 0.2) is 41.4 Å². The van der Waals surface area contributed by atoms with Crippen molar-refractivity contribution in [1.82, 2.24) is 15.2 Å². The number of thiophene rings is 1. The van der Waals surface area contributed by atoms with Gasteiger partial charge in [0.15, 0.2) is 0 Å². The molecule has 122 valence electrons. The number of aromatic nitrogens is 1. The number of rotatable bonds is 3. The van der Waals surface area contributed by atoms with Crippen molar-refractivity contribution in [3.8, 4) is 0 Å². The monoisotopic (exact) mass is 331 g/mol. The molecule has 0 spiro atoms. The van der Waals surface area contributed by atoms with E-state index in [9.17, 15) is 4.79 Å². The van der Waals surface area contributed by atoms with Crippen molar-refractivity contribution in [1.29, 1.82) is 0 Å². The minimum atomic E-state index is -0.0525. The van der Waals surface area contributed by atoms with E-state index in [0.29, 0.717) is 13.1 Å². The third kappa shape index (κ3) is 3.89. The van der Waals surface area contributed by atoms with Crippen LogP contribution in [0.4, 0.5) is 4.79 Å². The zero-order valence-corrected chi connectivity index (χ0v) is 14.1. The average molecular weight is 331 g/mol. The van der Waals surface area contributed by atoms with Gasteiger partial charge in [0, 0.05) is 18.9 Å². The summed E-state index contributed by atoms with van der Waals surface area (Å²) in [6, 6.07) is 5.79. The lowest BCUT2D eigenvalue weighted by Crippen LogP contribution is -2.50. The van der Waals surface area contributed by atoms with E-state index >= 15 is 0 Å². The number of amides is 2. The maximum atomic E-state index is 12.6. The number of morpholine rings is 1. The van der Waals surface area contributed by atoms with E-state index in [1.54, 1.807) is 23.7 Å². The lowest BCUT2D eigenvalue weighted by Gasteiger charge is -2.37. The predicted molar refractivity (Wildman–Crippen MR) is 90.4 cm³/mol. The van der Waals surface area contributed by atoms with Crippen LogP contribution in [0.25, 0.3) is 0 Å². The second-order valence-corrected chi connectivity index (χ2v) is 6.63. The average Bonchev–Trinajstić information content (AvgIpc) is 3.09. The van der Waals surface area contributed by atoms with Crippen LogP contribution in [0.5, 0.6) is 0 Å². The number of pyridine rings is 1. The van der Waals surface area contributed by atoms with Crippen LogP contribution < -0.4 is 5.32 Å². The molecule has 5 nitrogen and oxygen atoms in total. The molecule has 0 aliphatic carbocycles. The van der Waals surface area contributed by atoms with Gasteiger partial charge in [0.1, 0.15) is 6.10 Å². The zero-order chi connectivity index (χ0) is 16.2. The molecule has 1 N–H and O–H groups in total. The van der Waals surface area contributed by atoms with Crippen LogP contribution in [-0.4, -0.2) is 35.1 Å². The van der Waals surface area contributed by atoms with Crippen molar-refractivity contribution in [2.24, 2.45) is 0 Å². The molecule has 6 heteroatoms. The number of carbonyl (C=O) groups excluding carboxylic acids is 1. The summed E-state index contributed by atoms with van der Waals surface area (Å²) in [6.45, 7) is 5.17. The SMILES string of the molecule is C[C@@H]1CN(C(=O)N[C@@H](C)c2ccncc2)C[C@@H](c2ccsc2)O1. The number of nitrogens with one attached hydrogen (secondary N) is 1. The number of carbonyl (C=O) groups is 1. The normalized spacial score (nSPS) is 22.6. The van der Waals surface area contributed by atoms with Gasteiger partial charge < -0.3 is 15.0 Å². The Morgan fingerprint density at radius 3 is 2.87 bits per heavy atom. The van der Waals surface area contributed by atoms with Crippen LogP contribution in [0.2, 0.25) is 0 Å². The first-order valence-corrected chi connectivity index (χ1v) is 8.70. The third-order valence-corrected chi connectivity index (χ3v) is 4.71. The molecule has 1 fully saturated rings. The Kier molecular flexibility index (Phi) is 4.93. The fourth-order valence-corrected chi connectivity index (χ4v) is 3.47. The van der Waals surface area contributed by atoms with Crippen molar-refractivity contribution in [3.05, 3.63) is 52.5 Å². The molecule has 0 radical (unpaired) electrons. The minimum Gasteiger partial charge on any atom is -0.367 e. The molecule has 3 heterocycles. The van der Waals surface area contributed by atoms with Crippen molar-refractivity contribution >= 4 is 17.4 Å². The second-order valence-electron chi connectivity index (χ2n) is 5.85. The first kappa shape index (κ1) is 16.0. The molecule has 2 aromatic rings. The summed E-state index contributed by atoms with van der Waals surface area (Å²) in [4.78, 5) is 18.4. The van der Waals surface area contributed by atoms with Gasteiger partial charge in [-0.25, -0.2) is 4.79 Å². The lowest BCUT2D eigenvalue weighted by atomic mass is 10.1.